The predicted octanol–water partition coefficient (Wildman–Crippen LogP) is 1.43. The lowest BCUT2D eigenvalue weighted by Crippen LogP contribution is -2.29. The molecule has 0 aliphatic rings. The molecule has 0 radical (unpaired) electrons. The summed E-state index contributed by atoms with van der Waals surface area (Å²) in [5.41, 5.74) is -0.110. The average molecular weight is 258 g/mol. The summed E-state index contributed by atoms with van der Waals surface area (Å²) in [5.74, 6) is -0.508. The Hall–Kier alpha value is -1.33. The van der Waals surface area contributed by atoms with Crippen molar-refractivity contribution >= 4 is 23.4 Å². The molecule has 5 nitrogen and oxygen atoms in total. The topological polar surface area (TPSA) is 56.7 Å². The minimum absolute atomic E-state index is 0.110. The fourth-order valence-electron chi connectivity index (χ4n) is 1.26. The molecule has 1 heterocycles. The molecule has 1 aromatic rings. The number of anilines is 1. The van der Waals surface area contributed by atoms with Crippen LogP contribution in [-0.4, -0.2) is 55.2 Å². The molecule has 0 atom stereocenters. The van der Waals surface area contributed by atoms with E-state index in [9.17, 15) is 4.79 Å². The normalized spacial score (nSPS) is 10.6. The first-order chi connectivity index (χ1) is 7.91. The summed E-state index contributed by atoms with van der Waals surface area (Å²) in [7, 11) is 5.82. The number of carboxylic acids is 1. The van der Waals surface area contributed by atoms with E-state index in [1.165, 1.54) is 0 Å². The van der Waals surface area contributed by atoms with E-state index in [1.807, 2.05) is 30.9 Å². The number of hydrogen-bond donors (Lipinski definition) is 1. The summed E-state index contributed by atoms with van der Waals surface area (Å²) in [6.07, 6.45) is 0. The van der Waals surface area contributed by atoms with Crippen LogP contribution in [0.25, 0.3) is 0 Å². The van der Waals surface area contributed by atoms with E-state index < -0.39 is 5.97 Å². The van der Waals surface area contributed by atoms with Crippen molar-refractivity contribution in [3.63, 3.8) is 0 Å². The quantitative estimate of drug-likeness (QED) is 0.865. The molecule has 94 valence electrons. The fourth-order valence-corrected chi connectivity index (χ4v) is 1.45. The van der Waals surface area contributed by atoms with Crippen LogP contribution in [0.2, 0.25) is 5.02 Å². The van der Waals surface area contributed by atoms with Gasteiger partial charge in [-0.05, 0) is 26.2 Å². The summed E-state index contributed by atoms with van der Waals surface area (Å²) in [6.45, 7) is 1.63. The third-order valence-electron chi connectivity index (χ3n) is 2.31. The third-order valence-corrected chi connectivity index (χ3v) is 2.61. The van der Waals surface area contributed by atoms with Crippen LogP contribution in [0.5, 0.6) is 0 Å². The maximum Gasteiger partial charge on any atom is 0.356 e. The van der Waals surface area contributed by atoms with Crippen molar-refractivity contribution in [1.29, 1.82) is 0 Å². The fraction of sp³-hybridized carbons (Fsp3) is 0.455. The number of carbonyl (C=O) groups is 1. The van der Waals surface area contributed by atoms with Crippen LogP contribution >= 0.6 is 11.6 Å². The monoisotopic (exact) mass is 257 g/mol. The van der Waals surface area contributed by atoms with Gasteiger partial charge in [-0.3, -0.25) is 0 Å². The van der Waals surface area contributed by atoms with Gasteiger partial charge >= 0.3 is 5.97 Å². The highest BCUT2D eigenvalue weighted by atomic mass is 35.5. The van der Waals surface area contributed by atoms with Crippen LogP contribution in [0, 0.1) is 0 Å². The Morgan fingerprint density at radius 3 is 2.53 bits per heavy atom. The number of rotatable bonds is 5. The van der Waals surface area contributed by atoms with Crippen LogP contribution < -0.4 is 4.90 Å². The molecular formula is C11H16ClN3O2. The van der Waals surface area contributed by atoms with E-state index in [0.29, 0.717) is 5.82 Å². The van der Waals surface area contributed by atoms with Gasteiger partial charge in [0.05, 0.1) is 5.02 Å². The van der Waals surface area contributed by atoms with Crippen LogP contribution in [0.1, 0.15) is 10.5 Å². The molecule has 0 spiro atoms. The van der Waals surface area contributed by atoms with Gasteiger partial charge in [-0.1, -0.05) is 11.6 Å². The molecule has 0 fully saturated rings. The van der Waals surface area contributed by atoms with E-state index in [4.69, 9.17) is 16.7 Å². The Morgan fingerprint density at radius 1 is 1.35 bits per heavy atom. The SMILES string of the molecule is CN(C)CCN(C)c1ccc(Cl)c(C(=O)O)n1. The molecule has 0 aliphatic carbocycles. The van der Waals surface area contributed by atoms with Gasteiger partial charge in [0.25, 0.3) is 0 Å². The number of nitrogens with zero attached hydrogens (tertiary/aromatic N) is 3. The smallest absolute Gasteiger partial charge is 0.356 e. The zero-order valence-corrected chi connectivity index (χ0v) is 10.9. The van der Waals surface area contributed by atoms with Crippen LogP contribution in [0.3, 0.4) is 0 Å². The second kappa shape index (κ2) is 5.84. The number of carboxylic acid groups (broad SMARTS) is 1. The minimum atomic E-state index is -1.11. The summed E-state index contributed by atoms with van der Waals surface area (Å²) < 4.78 is 0. The maximum absolute atomic E-state index is 10.9. The standard InChI is InChI=1S/C11H16ClN3O2/c1-14(2)6-7-15(3)9-5-4-8(12)10(13-9)11(16)17/h4-5H,6-7H2,1-3H3,(H,16,17). The van der Waals surface area contributed by atoms with Gasteiger partial charge < -0.3 is 14.9 Å². The number of halogens is 1. The first-order valence-electron chi connectivity index (χ1n) is 5.17. The van der Waals surface area contributed by atoms with E-state index in [0.717, 1.165) is 13.1 Å². The Morgan fingerprint density at radius 2 is 2.00 bits per heavy atom. The van der Waals surface area contributed by atoms with E-state index in [-0.39, 0.29) is 10.7 Å². The zero-order chi connectivity index (χ0) is 13.0. The second-order valence-electron chi connectivity index (χ2n) is 4.03. The molecule has 17 heavy (non-hydrogen) atoms. The molecule has 6 heteroatoms. The van der Waals surface area contributed by atoms with Crippen molar-refractivity contribution in [3.8, 4) is 0 Å². The summed E-state index contributed by atoms with van der Waals surface area (Å²) in [5, 5.41) is 9.07. The number of aromatic carboxylic acids is 1. The molecule has 0 unspecified atom stereocenters. The molecule has 0 bridgehead atoms. The Kier molecular flexibility index (Phi) is 4.72. The van der Waals surface area contributed by atoms with Crippen molar-refractivity contribution in [2.24, 2.45) is 0 Å². The first kappa shape index (κ1) is 13.7. The molecule has 0 saturated heterocycles. The van der Waals surface area contributed by atoms with Gasteiger partial charge in [0.2, 0.25) is 0 Å². The number of aromatic nitrogens is 1. The Bertz CT molecular complexity index is 410. The molecule has 0 amide bonds. The lowest BCUT2D eigenvalue weighted by molar-refractivity contribution is 0.0691. The molecule has 1 aromatic heterocycles. The molecule has 1 N–H and O–H groups in total. The summed E-state index contributed by atoms with van der Waals surface area (Å²) >= 11 is 5.75. The Balaban J connectivity index is 2.84. The molecule has 0 saturated carbocycles. The third kappa shape index (κ3) is 3.87. The number of pyridine rings is 1. The molecule has 0 aliphatic heterocycles. The van der Waals surface area contributed by atoms with Gasteiger partial charge in [-0.25, -0.2) is 9.78 Å². The number of likely N-dealkylation sites (N-methyl/N-ethyl adjacent to an activating group) is 2. The molecular weight excluding hydrogens is 242 g/mol. The predicted molar refractivity (Wildman–Crippen MR) is 68.0 cm³/mol. The molecule has 1 rings (SSSR count). The van der Waals surface area contributed by atoms with Crippen molar-refractivity contribution < 1.29 is 9.90 Å². The van der Waals surface area contributed by atoms with Crippen LogP contribution in [0.15, 0.2) is 12.1 Å². The highest BCUT2D eigenvalue weighted by molar-refractivity contribution is 6.33. The highest BCUT2D eigenvalue weighted by Gasteiger charge is 2.13. The minimum Gasteiger partial charge on any atom is -0.476 e. The first-order valence-corrected chi connectivity index (χ1v) is 5.55. The van der Waals surface area contributed by atoms with Gasteiger partial charge in [-0.15, -0.1) is 0 Å². The van der Waals surface area contributed by atoms with Crippen molar-refractivity contribution in [2.45, 2.75) is 0 Å². The van der Waals surface area contributed by atoms with E-state index in [2.05, 4.69) is 4.98 Å². The van der Waals surface area contributed by atoms with Crippen molar-refractivity contribution in [1.82, 2.24) is 9.88 Å². The Labute approximate surface area is 106 Å². The van der Waals surface area contributed by atoms with Crippen LogP contribution in [-0.2, 0) is 0 Å². The van der Waals surface area contributed by atoms with Gasteiger partial charge in [0, 0.05) is 20.1 Å². The van der Waals surface area contributed by atoms with Gasteiger partial charge in [-0.2, -0.15) is 0 Å². The van der Waals surface area contributed by atoms with Gasteiger partial charge in [0.1, 0.15) is 5.82 Å². The summed E-state index contributed by atoms with van der Waals surface area (Å²) in [6, 6.07) is 3.27. The van der Waals surface area contributed by atoms with Gasteiger partial charge in [0.15, 0.2) is 5.69 Å². The zero-order valence-electron chi connectivity index (χ0n) is 10.1. The van der Waals surface area contributed by atoms with E-state index >= 15 is 0 Å². The average Bonchev–Trinajstić information content (AvgIpc) is 2.26. The van der Waals surface area contributed by atoms with E-state index in [1.54, 1.807) is 12.1 Å². The van der Waals surface area contributed by atoms with Crippen LogP contribution in [0.4, 0.5) is 5.82 Å². The summed E-state index contributed by atoms with van der Waals surface area (Å²) in [4.78, 5) is 18.9. The lowest BCUT2D eigenvalue weighted by Gasteiger charge is -2.20. The largest absolute Gasteiger partial charge is 0.476 e. The van der Waals surface area contributed by atoms with Crippen molar-refractivity contribution in [2.75, 3.05) is 39.1 Å². The highest BCUT2D eigenvalue weighted by Crippen LogP contribution is 2.18. The molecule has 0 aromatic carbocycles. The van der Waals surface area contributed by atoms with Crippen molar-refractivity contribution in [3.05, 3.63) is 22.8 Å². The second-order valence-corrected chi connectivity index (χ2v) is 4.44. The lowest BCUT2D eigenvalue weighted by atomic mass is 10.3. The number of hydrogen-bond acceptors (Lipinski definition) is 4. The maximum atomic E-state index is 10.9.